The zero-order valence-electron chi connectivity index (χ0n) is 17.9. The second-order valence-electron chi connectivity index (χ2n) is 9.02. The number of hydrogen-bond acceptors (Lipinski definition) is 2. The first-order valence-corrected chi connectivity index (χ1v) is 11.1. The van der Waals surface area contributed by atoms with Crippen LogP contribution in [-0.4, -0.2) is 10.8 Å². The summed E-state index contributed by atoms with van der Waals surface area (Å²) in [5.74, 6) is 0.147. The number of fused-ring (bicyclic) bond motifs is 3. The molecule has 1 heterocycles. The van der Waals surface area contributed by atoms with Crippen molar-refractivity contribution < 1.29 is 4.79 Å². The van der Waals surface area contributed by atoms with Gasteiger partial charge in [0.2, 0.25) is 0 Å². The lowest BCUT2D eigenvalue weighted by Crippen LogP contribution is -2.11. The molecule has 0 saturated heterocycles. The third-order valence-corrected chi connectivity index (χ3v) is 6.18. The van der Waals surface area contributed by atoms with Gasteiger partial charge >= 0.3 is 0 Å². The second-order valence-corrected chi connectivity index (χ2v) is 9.94. The number of aryl methyl sites for hydroxylation is 2. The van der Waals surface area contributed by atoms with Crippen LogP contribution in [0.2, 0.25) is 0 Å². The third-order valence-electron chi connectivity index (χ3n) is 5.65. The molecular formula is C27H26BrNO. The van der Waals surface area contributed by atoms with Gasteiger partial charge in [-0.25, -0.2) is 0 Å². The fourth-order valence-corrected chi connectivity index (χ4v) is 4.12. The fourth-order valence-electron chi connectivity index (χ4n) is 3.86. The number of benzene rings is 3. The van der Waals surface area contributed by atoms with E-state index in [1.807, 2.05) is 24.3 Å². The van der Waals surface area contributed by atoms with Crippen molar-refractivity contribution in [1.82, 2.24) is 4.98 Å². The van der Waals surface area contributed by atoms with Crippen LogP contribution in [0.25, 0.3) is 21.7 Å². The van der Waals surface area contributed by atoms with E-state index in [1.54, 1.807) is 0 Å². The minimum Gasteiger partial charge on any atom is -0.294 e. The summed E-state index contributed by atoms with van der Waals surface area (Å²) >= 11 is 3.43. The molecule has 3 aromatic carbocycles. The lowest BCUT2D eigenvalue weighted by atomic mass is 9.85. The monoisotopic (exact) mass is 459 g/mol. The number of ketones is 1. The SMILES string of the molecule is Cc1ccc2nc(CCC(=O)c3ccc(Br)cc3)c3cc(C(C)(C)C)ccc3c2c1. The lowest BCUT2D eigenvalue weighted by molar-refractivity contribution is 0.0982. The maximum atomic E-state index is 12.8. The zero-order valence-corrected chi connectivity index (χ0v) is 19.5. The second kappa shape index (κ2) is 7.96. The molecule has 0 bridgehead atoms. The fraction of sp³-hybridized carbons (Fsp3) is 0.259. The van der Waals surface area contributed by atoms with Crippen LogP contribution in [-0.2, 0) is 11.8 Å². The maximum absolute atomic E-state index is 12.8. The third kappa shape index (κ3) is 4.17. The molecule has 0 amide bonds. The quantitative estimate of drug-likeness (QED) is 0.232. The highest BCUT2D eigenvalue weighted by Crippen LogP contribution is 2.32. The minimum atomic E-state index is 0.0558. The first kappa shape index (κ1) is 20.7. The number of rotatable bonds is 4. The van der Waals surface area contributed by atoms with E-state index in [0.29, 0.717) is 12.8 Å². The summed E-state index contributed by atoms with van der Waals surface area (Å²) in [5, 5.41) is 3.54. The average Bonchev–Trinajstić information content (AvgIpc) is 2.71. The Morgan fingerprint density at radius 1 is 0.900 bits per heavy atom. The summed E-state index contributed by atoms with van der Waals surface area (Å²) in [6, 6.07) is 20.7. The summed E-state index contributed by atoms with van der Waals surface area (Å²) in [5.41, 5.74) is 5.29. The van der Waals surface area contributed by atoms with Gasteiger partial charge in [-0.2, -0.15) is 0 Å². The molecule has 1 aromatic heterocycles. The number of aromatic nitrogens is 1. The number of hydrogen-bond donors (Lipinski definition) is 0. The van der Waals surface area contributed by atoms with Crippen molar-refractivity contribution in [2.75, 3.05) is 0 Å². The molecule has 0 aliphatic rings. The number of nitrogens with zero attached hydrogens (tertiary/aromatic N) is 1. The number of halogens is 1. The van der Waals surface area contributed by atoms with Crippen molar-refractivity contribution in [3.63, 3.8) is 0 Å². The van der Waals surface area contributed by atoms with Crippen molar-refractivity contribution in [3.8, 4) is 0 Å². The first-order valence-electron chi connectivity index (χ1n) is 10.3. The van der Waals surface area contributed by atoms with Crippen LogP contribution in [0.1, 0.15) is 54.4 Å². The van der Waals surface area contributed by atoms with Crippen LogP contribution in [0.4, 0.5) is 0 Å². The van der Waals surface area contributed by atoms with Crippen LogP contribution in [0.5, 0.6) is 0 Å². The number of carbonyl (C=O) groups is 1. The van der Waals surface area contributed by atoms with Crippen molar-refractivity contribution in [3.05, 3.63) is 87.5 Å². The molecule has 0 N–H and O–H groups in total. The summed E-state index contributed by atoms with van der Waals surface area (Å²) in [6.07, 6.45) is 1.07. The predicted octanol–water partition coefficient (Wildman–Crippen LogP) is 7.57. The van der Waals surface area contributed by atoms with Gasteiger partial charge < -0.3 is 0 Å². The highest BCUT2D eigenvalue weighted by molar-refractivity contribution is 9.10. The molecule has 0 radical (unpaired) electrons. The molecule has 152 valence electrons. The molecule has 0 fully saturated rings. The van der Waals surface area contributed by atoms with Crippen LogP contribution < -0.4 is 0 Å². The average molecular weight is 460 g/mol. The van der Waals surface area contributed by atoms with E-state index in [4.69, 9.17) is 4.98 Å². The van der Waals surface area contributed by atoms with E-state index >= 15 is 0 Å². The molecule has 0 saturated carbocycles. The molecule has 0 spiro atoms. The molecule has 4 aromatic rings. The van der Waals surface area contributed by atoms with Crippen molar-refractivity contribution in [2.45, 2.75) is 46.0 Å². The summed E-state index contributed by atoms with van der Waals surface area (Å²) in [6.45, 7) is 8.79. The molecule has 2 nitrogen and oxygen atoms in total. The van der Waals surface area contributed by atoms with Gasteiger partial charge in [-0.1, -0.05) is 72.6 Å². The number of carbonyl (C=O) groups excluding carboxylic acids is 1. The Hall–Kier alpha value is -2.52. The molecule has 4 rings (SSSR count). The van der Waals surface area contributed by atoms with E-state index in [-0.39, 0.29) is 11.2 Å². The van der Waals surface area contributed by atoms with E-state index in [1.165, 1.54) is 21.9 Å². The number of pyridine rings is 1. The van der Waals surface area contributed by atoms with E-state index in [2.05, 4.69) is 80.0 Å². The highest BCUT2D eigenvalue weighted by atomic mass is 79.9. The maximum Gasteiger partial charge on any atom is 0.163 e. The zero-order chi connectivity index (χ0) is 21.5. The van der Waals surface area contributed by atoms with Gasteiger partial charge in [0.15, 0.2) is 5.78 Å². The summed E-state index contributed by atoms with van der Waals surface area (Å²) in [7, 11) is 0. The van der Waals surface area contributed by atoms with Gasteiger partial charge in [0.05, 0.1) is 5.52 Å². The van der Waals surface area contributed by atoms with Gasteiger partial charge in [0.1, 0.15) is 0 Å². The minimum absolute atomic E-state index is 0.0558. The van der Waals surface area contributed by atoms with Crippen LogP contribution in [0, 0.1) is 6.92 Å². The van der Waals surface area contributed by atoms with Gasteiger partial charge in [0.25, 0.3) is 0 Å². The Balaban J connectivity index is 1.79. The highest BCUT2D eigenvalue weighted by Gasteiger charge is 2.17. The summed E-state index contributed by atoms with van der Waals surface area (Å²) < 4.78 is 0.978. The molecule has 30 heavy (non-hydrogen) atoms. The first-order chi connectivity index (χ1) is 14.2. The normalized spacial score (nSPS) is 11.9. The van der Waals surface area contributed by atoms with E-state index < -0.39 is 0 Å². The van der Waals surface area contributed by atoms with E-state index in [9.17, 15) is 4.79 Å². The topological polar surface area (TPSA) is 30.0 Å². The molecule has 3 heteroatoms. The lowest BCUT2D eigenvalue weighted by Gasteiger charge is -2.20. The van der Waals surface area contributed by atoms with Gasteiger partial charge in [-0.3, -0.25) is 9.78 Å². The van der Waals surface area contributed by atoms with Crippen LogP contribution in [0.15, 0.2) is 65.1 Å². The molecule has 0 atom stereocenters. The standard InChI is InChI=1S/C27H26BrNO/c1-17-5-12-24-22(15-17)21-11-8-19(27(2,3)4)16-23(21)25(29-24)13-14-26(30)18-6-9-20(28)10-7-18/h5-12,15-16H,13-14H2,1-4H3. The largest absolute Gasteiger partial charge is 0.294 e. The molecule has 0 aliphatic heterocycles. The smallest absolute Gasteiger partial charge is 0.163 e. The Kier molecular flexibility index (Phi) is 5.50. The van der Waals surface area contributed by atoms with Gasteiger partial charge in [-0.05, 0) is 60.0 Å². The van der Waals surface area contributed by atoms with E-state index in [0.717, 1.165) is 26.6 Å². The van der Waals surface area contributed by atoms with Crippen LogP contribution >= 0.6 is 15.9 Å². The van der Waals surface area contributed by atoms with Crippen molar-refractivity contribution >= 4 is 43.4 Å². The molecule has 0 unspecified atom stereocenters. The Morgan fingerprint density at radius 3 is 2.33 bits per heavy atom. The molecule has 0 aliphatic carbocycles. The predicted molar refractivity (Wildman–Crippen MR) is 129 cm³/mol. The van der Waals surface area contributed by atoms with Gasteiger partial charge in [0, 0.05) is 32.9 Å². The Bertz CT molecular complexity index is 1250. The van der Waals surface area contributed by atoms with Crippen molar-refractivity contribution in [2.24, 2.45) is 0 Å². The Labute approximate surface area is 186 Å². The number of Topliss-reactive ketones (excluding diaryl/α,β-unsaturated/α-hetero) is 1. The van der Waals surface area contributed by atoms with Crippen LogP contribution in [0.3, 0.4) is 0 Å². The Morgan fingerprint density at radius 2 is 1.63 bits per heavy atom. The summed E-state index contributed by atoms with van der Waals surface area (Å²) in [4.78, 5) is 17.7. The van der Waals surface area contributed by atoms with Crippen molar-refractivity contribution in [1.29, 1.82) is 0 Å². The van der Waals surface area contributed by atoms with Gasteiger partial charge in [-0.15, -0.1) is 0 Å². The molecular weight excluding hydrogens is 434 g/mol.